The third-order valence-corrected chi connectivity index (χ3v) is 2.51. The zero-order valence-electron chi connectivity index (χ0n) is 10.2. The first-order valence-electron chi connectivity index (χ1n) is 5.38. The van der Waals surface area contributed by atoms with E-state index < -0.39 is 5.82 Å². The second-order valence-corrected chi connectivity index (χ2v) is 5.21. The molecule has 0 bridgehead atoms. The van der Waals surface area contributed by atoms with Crippen molar-refractivity contribution in [1.82, 2.24) is 0 Å². The van der Waals surface area contributed by atoms with E-state index in [0.29, 0.717) is 5.56 Å². The highest BCUT2D eigenvalue weighted by Crippen LogP contribution is 2.20. The molecule has 1 aromatic carbocycles. The summed E-state index contributed by atoms with van der Waals surface area (Å²) in [5, 5.41) is 0.0107. The van der Waals surface area contributed by atoms with Crippen LogP contribution >= 0.6 is 11.6 Å². The van der Waals surface area contributed by atoms with Crippen LogP contribution < -0.4 is 0 Å². The fourth-order valence-electron chi connectivity index (χ4n) is 1.25. The van der Waals surface area contributed by atoms with Gasteiger partial charge < -0.3 is 4.74 Å². The fourth-order valence-corrected chi connectivity index (χ4v) is 1.44. The number of halogens is 2. The van der Waals surface area contributed by atoms with Gasteiger partial charge in [0.25, 0.3) is 0 Å². The van der Waals surface area contributed by atoms with Crippen LogP contribution in [0.1, 0.15) is 26.3 Å². The van der Waals surface area contributed by atoms with Gasteiger partial charge >= 0.3 is 0 Å². The zero-order chi connectivity index (χ0) is 13.1. The van der Waals surface area contributed by atoms with Crippen LogP contribution in [0.3, 0.4) is 0 Å². The Morgan fingerprint density at radius 1 is 1.41 bits per heavy atom. The molecule has 17 heavy (non-hydrogen) atoms. The Morgan fingerprint density at radius 3 is 2.65 bits per heavy atom. The average Bonchev–Trinajstić information content (AvgIpc) is 2.21. The molecular weight excluding hydrogens is 243 g/mol. The quantitative estimate of drug-likeness (QED) is 0.827. The number of rotatable bonds is 4. The van der Waals surface area contributed by atoms with Crippen LogP contribution in [0.25, 0.3) is 0 Å². The van der Waals surface area contributed by atoms with Gasteiger partial charge in [0.15, 0.2) is 5.78 Å². The van der Waals surface area contributed by atoms with Crippen molar-refractivity contribution in [3.8, 4) is 0 Å². The van der Waals surface area contributed by atoms with E-state index in [1.165, 1.54) is 12.1 Å². The molecule has 0 aliphatic rings. The summed E-state index contributed by atoms with van der Waals surface area (Å²) in [5.41, 5.74) is 0.135. The van der Waals surface area contributed by atoms with Crippen molar-refractivity contribution in [2.24, 2.45) is 0 Å². The topological polar surface area (TPSA) is 26.3 Å². The maximum absolute atomic E-state index is 13.1. The molecule has 0 N–H and O–H groups in total. The number of ether oxygens (including phenoxy) is 1. The predicted molar refractivity (Wildman–Crippen MR) is 65.8 cm³/mol. The molecule has 0 radical (unpaired) electrons. The molecule has 94 valence electrons. The van der Waals surface area contributed by atoms with E-state index in [2.05, 4.69) is 0 Å². The molecular formula is C13H16ClFO2. The molecule has 0 unspecified atom stereocenters. The lowest BCUT2D eigenvalue weighted by Gasteiger charge is -2.18. The van der Waals surface area contributed by atoms with Crippen molar-refractivity contribution in [2.75, 3.05) is 6.61 Å². The first-order valence-corrected chi connectivity index (χ1v) is 5.76. The van der Waals surface area contributed by atoms with E-state index in [-0.39, 0.29) is 29.4 Å². The summed E-state index contributed by atoms with van der Waals surface area (Å²) in [6.07, 6.45) is 0.0900. The monoisotopic (exact) mass is 258 g/mol. The lowest BCUT2D eigenvalue weighted by atomic mass is 10.1. The molecule has 1 rings (SSSR count). The second kappa shape index (κ2) is 5.61. The molecule has 1 aromatic rings. The van der Waals surface area contributed by atoms with Gasteiger partial charge in [0.05, 0.1) is 10.6 Å². The molecule has 0 amide bonds. The Balaban J connectivity index is 2.60. The highest BCUT2D eigenvalue weighted by molar-refractivity contribution is 6.31. The van der Waals surface area contributed by atoms with Gasteiger partial charge in [0.2, 0.25) is 0 Å². The Morgan fingerprint density at radius 2 is 2.06 bits per heavy atom. The maximum atomic E-state index is 13.1. The summed E-state index contributed by atoms with van der Waals surface area (Å²) in [4.78, 5) is 11.6. The zero-order valence-corrected chi connectivity index (χ0v) is 11.0. The molecule has 0 aliphatic heterocycles. The lowest BCUT2D eigenvalue weighted by Crippen LogP contribution is -2.24. The van der Waals surface area contributed by atoms with Crippen LogP contribution in [-0.4, -0.2) is 18.0 Å². The summed E-state index contributed by atoms with van der Waals surface area (Å²) in [6, 6.07) is 4.44. The van der Waals surface area contributed by atoms with Gasteiger partial charge in [-0.25, -0.2) is 4.39 Å². The number of carbonyl (C=O) groups is 1. The van der Waals surface area contributed by atoms with E-state index in [0.717, 1.165) is 0 Å². The second-order valence-electron chi connectivity index (χ2n) is 4.83. The van der Waals surface area contributed by atoms with Crippen LogP contribution in [0, 0.1) is 5.82 Å². The first-order chi connectivity index (χ1) is 7.79. The Bertz CT molecular complexity index is 410. The van der Waals surface area contributed by atoms with Crippen molar-refractivity contribution in [3.63, 3.8) is 0 Å². The van der Waals surface area contributed by atoms with Crippen molar-refractivity contribution in [2.45, 2.75) is 32.8 Å². The van der Waals surface area contributed by atoms with Crippen LogP contribution in [0.4, 0.5) is 4.39 Å². The van der Waals surface area contributed by atoms with Gasteiger partial charge in [0.1, 0.15) is 12.4 Å². The van der Waals surface area contributed by atoms with Crippen molar-refractivity contribution < 1.29 is 13.9 Å². The predicted octanol–water partition coefficient (Wildman–Crippen LogP) is 3.41. The number of hydrogen-bond donors (Lipinski definition) is 0. The summed E-state index contributed by atoms with van der Waals surface area (Å²) in [6.45, 7) is 5.62. The third-order valence-electron chi connectivity index (χ3n) is 2.09. The number of ketones is 1. The normalized spacial score (nSPS) is 11.6. The Kier molecular flexibility index (Phi) is 4.66. The van der Waals surface area contributed by atoms with Gasteiger partial charge in [-0.3, -0.25) is 4.79 Å². The maximum Gasteiger partial charge on any atom is 0.162 e. The smallest absolute Gasteiger partial charge is 0.162 e. The Labute approximate surface area is 106 Å². The van der Waals surface area contributed by atoms with E-state index in [1.54, 1.807) is 6.07 Å². The summed E-state index contributed by atoms with van der Waals surface area (Å²) in [5.74, 6) is -0.624. The number of benzene rings is 1. The molecule has 0 saturated carbocycles. The van der Waals surface area contributed by atoms with Gasteiger partial charge in [-0.2, -0.15) is 0 Å². The minimum atomic E-state index is -0.506. The molecule has 2 nitrogen and oxygen atoms in total. The molecule has 0 heterocycles. The molecule has 0 aromatic heterocycles. The average molecular weight is 259 g/mol. The molecule has 4 heteroatoms. The summed E-state index contributed by atoms with van der Waals surface area (Å²) >= 11 is 5.76. The van der Waals surface area contributed by atoms with Crippen LogP contribution in [0.2, 0.25) is 5.02 Å². The highest BCUT2D eigenvalue weighted by atomic mass is 35.5. The number of hydrogen-bond acceptors (Lipinski definition) is 2. The van der Waals surface area contributed by atoms with Crippen molar-refractivity contribution >= 4 is 17.4 Å². The molecule has 0 atom stereocenters. The molecule has 0 spiro atoms. The number of Topliss-reactive ketones (excluding diaryl/α,β-unsaturated/α-hetero) is 1. The SMILES string of the molecule is CC(C)(C)OCC(=O)Cc1cccc(F)c1Cl. The first kappa shape index (κ1) is 14.1. The van der Waals surface area contributed by atoms with Gasteiger partial charge in [-0.1, -0.05) is 23.7 Å². The van der Waals surface area contributed by atoms with Gasteiger partial charge in [0, 0.05) is 6.42 Å². The fraction of sp³-hybridized carbons (Fsp3) is 0.462. The van der Waals surface area contributed by atoms with Gasteiger partial charge in [-0.15, -0.1) is 0 Å². The highest BCUT2D eigenvalue weighted by Gasteiger charge is 2.15. The summed E-state index contributed by atoms with van der Waals surface area (Å²) in [7, 11) is 0. The van der Waals surface area contributed by atoms with Crippen molar-refractivity contribution in [1.29, 1.82) is 0 Å². The van der Waals surface area contributed by atoms with Crippen LogP contribution in [0.5, 0.6) is 0 Å². The number of carbonyl (C=O) groups excluding carboxylic acids is 1. The van der Waals surface area contributed by atoms with Crippen molar-refractivity contribution in [3.05, 3.63) is 34.6 Å². The molecule has 0 aliphatic carbocycles. The lowest BCUT2D eigenvalue weighted by molar-refractivity contribution is -0.127. The van der Waals surface area contributed by atoms with E-state index in [4.69, 9.17) is 16.3 Å². The molecule has 0 saturated heterocycles. The van der Waals surface area contributed by atoms with Crippen LogP contribution in [-0.2, 0) is 16.0 Å². The van der Waals surface area contributed by atoms with E-state index in [1.807, 2.05) is 20.8 Å². The third kappa shape index (κ3) is 4.84. The molecule has 0 fully saturated rings. The standard InChI is InChI=1S/C13H16ClFO2/c1-13(2,3)17-8-10(16)7-9-5-4-6-11(15)12(9)14/h4-6H,7-8H2,1-3H3. The largest absolute Gasteiger partial charge is 0.368 e. The van der Waals surface area contributed by atoms with Crippen LogP contribution in [0.15, 0.2) is 18.2 Å². The Hall–Kier alpha value is -0.930. The minimum Gasteiger partial charge on any atom is -0.368 e. The van der Waals surface area contributed by atoms with Gasteiger partial charge in [-0.05, 0) is 32.4 Å². The summed E-state index contributed by atoms with van der Waals surface area (Å²) < 4.78 is 18.5. The van der Waals surface area contributed by atoms with E-state index in [9.17, 15) is 9.18 Å². The minimum absolute atomic E-state index is 0.0103. The van der Waals surface area contributed by atoms with E-state index >= 15 is 0 Å².